The number of hydrogen-bond donors (Lipinski definition) is 2. The van der Waals surface area contributed by atoms with E-state index in [-0.39, 0.29) is 12.1 Å². The highest BCUT2D eigenvalue weighted by atomic mass is 16.2. The summed E-state index contributed by atoms with van der Waals surface area (Å²) < 4.78 is 0. The number of urea groups is 1. The number of nitriles is 1. The first-order chi connectivity index (χ1) is 11.5. The zero-order chi connectivity index (χ0) is 17.3. The lowest BCUT2D eigenvalue weighted by molar-refractivity contribution is -0.122. The Hall–Kier alpha value is -2.88. The molecule has 2 N–H and O–H groups in total. The van der Waals surface area contributed by atoms with Crippen LogP contribution in [-0.2, 0) is 4.79 Å². The van der Waals surface area contributed by atoms with E-state index in [1.54, 1.807) is 36.1 Å². The number of Topliss-reactive ketones (excluding diaryl/α,β-unsaturated/α-hetero) is 1. The van der Waals surface area contributed by atoms with Gasteiger partial charge in [0.05, 0.1) is 6.07 Å². The maximum atomic E-state index is 12.5. The topological polar surface area (TPSA) is 102 Å². The van der Waals surface area contributed by atoms with E-state index < -0.39 is 17.6 Å². The Labute approximate surface area is 139 Å². The normalized spacial score (nSPS) is 17.8. The van der Waals surface area contributed by atoms with Crippen molar-refractivity contribution in [2.24, 2.45) is 5.92 Å². The van der Waals surface area contributed by atoms with Crippen LogP contribution in [-0.4, -0.2) is 36.9 Å². The van der Waals surface area contributed by atoms with Crippen LogP contribution in [0.3, 0.4) is 0 Å². The zero-order valence-electron chi connectivity index (χ0n) is 13.3. The summed E-state index contributed by atoms with van der Waals surface area (Å²) in [4.78, 5) is 37.9. The summed E-state index contributed by atoms with van der Waals surface area (Å²) in [5.74, 6) is -2.40. The van der Waals surface area contributed by atoms with Gasteiger partial charge < -0.3 is 10.6 Å². The van der Waals surface area contributed by atoms with E-state index in [9.17, 15) is 19.6 Å². The molecule has 1 aliphatic carbocycles. The summed E-state index contributed by atoms with van der Waals surface area (Å²) in [6.07, 6.45) is 1.79. The van der Waals surface area contributed by atoms with E-state index >= 15 is 0 Å². The van der Waals surface area contributed by atoms with Gasteiger partial charge in [0.15, 0.2) is 11.7 Å². The number of nitrogens with zero attached hydrogens (tertiary/aromatic N) is 2. The van der Waals surface area contributed by atoms with Crippen LogP contribution >= 0.6 is 0 Å². The van der Waals surface area contributed by atoms with Gasteiger partial charge in [0, 0.05) is 30.4 Å². The van der Waals surface area contributed by atoms with Crippen molar-refractivity contribution in [2.45, 2.75) is 25.8 Å². The summed E-state index contributed by atoms with van der Waals surface area (Å²) >= 11 is 0. The molecule has 0 bridgehead atoms. The van der Waals surface area contributed by atoms with Crippen LogP contribution in [0.4, 0.5) is 10.5 Å². The number of benzene rings is 1. The van der Waals surface area contributed by atoms with Crippen LogP contribution < -0.4 is 15.5 Å². The van der Waals surface area contributed by atoms with E-state index in [2.05, 4.69) is 10.6 Å². The van der Waals surface area contributed by atoms with Crippen molar-refractivity contribution in [1.82, 2.24) is 10.6 Å². The Morgan fingerprint density at radius 1 is 1.42 bits per heavy atom. The summed E-state index contributed by atoms with van der Waals surface area (Å²) in [5, 5.41) is 14.6. The van der Waals surface area contributed by atoms with Crippen molar-refractivity contribution in [1.29, 1.82) is 5.26 Å². The van der Waals surface area contributed by atoms with Gasteiger partial charge in [-0.15, -0.1) is 0 Å². The average Bonchev–Trinajstić information content (AvgIpc) is 3.27. The fourth-order valence-corrected chi connectivity index (χ4v) is 2.73. The van der Waals surface area contributed by atoms with E-state index in [1.165, 1.54) is 0 Å². The molecule has 1 heterocycles. The average molecular weight is 326 g/mol. The second-order valence-electron chi connectivity index (χ2n) is 6.09. The summed E-state index contributed by atoms with van der Waals surface area (Å²) in [7, 11) is 0. The first kappa shape index (κ1) is 16.0. The lowest BCUT2D eigenvalue weighted by Crippen LogP contribution is -2.36. The first-order valence-corrected chi connectivity index (χ1v) is 7.91. The lowest BCUT2D eigenvalue weighted by Gasteiger charge is -2.18. The van der Waals surface area contributed by atoms with Gasteiger partial charge in [-0.1, -0.05) is 0 Å². The molecule has 0 aromatic heterocycles. The molecule has 1 aromatic carbocycles. The third-order valence-electron chi connectivity index (χ3n) is 4.21. The molecule has 1 atom stereocenters. The predicted octanol–water partition coefficient (Wildman–Crippen LogP) is 1.13. The van der Waals surface area contributed by atoms with Crippen LogP contribution in [0, 0.1) is 24.2 Å². The number of hydrogen-bond acceptors (Lipinski definition) is 4. The second-order valence-corrected chi connectivity index (χ2v) is 6.09. The standard InChI is InChI=1S/C17H18N4O3/c1-10-8-11(2-5-14(10)21-7-6-19-17(21)24)15(22)13(9-18)16(23)20-12-3-4-12/h2,5,8,12-13H,3-4,6-7H2,1H3,(H,19,24)(H,20,23). The smallest absolute Gasteiger partial charge is 0.322 e. The first-order valence-electron chi connectivity index (χ1n) is 7.91. The van der Waals surface area contributed by atoms with E-state index in [0.717, 1.165) is 24.1 Å². The maximum Gasteiger partial charge on any atom is 0.322 e. The van der Waals surface area contributed by atoms with Crippen molar-refractivity contribution >= 4 is 23.4 Å². The number of rotatable bonds is 5. The third kappa shape index (κ3) is 3.08. The monoisotopic (exact) mass is 326 g/mol. The Kier molecular flexibility index (Phi) is 4.21. The molecule has 1 unspecified atom stereocenters. The van der Waals surface area contributed by atoms with Crippen LogP contribution in [0.1, 0.15) is 28.8 Å². The molecule has 1 aromatic rings. The van der Waals surface area contributed by atoms with Crippen molar-refractivity contribution in [3.63, 3.8) is 0 Å². The van der Waals surface area contributed by atoms with Crippen molar-refractivity contribution in [3.05, 3.63) is 29.3 Å². The number of anilines is 1. The van der Waals surface area contributed by atoms with E-state index in [1.807, 2.05) is 0 Å². The van der Waals surface area contributed by atoms with Gasteiger partial charge in [0.25, 0.3) is 0 Å². The number of amides is 3. The lowest BCUT2D eigenvalue weighted by atomic mass is 9.96. The van der Waals surface area contributed by atoms with Gasteiger partial charge in [-0.25, -0.2) is 4.79 Å². The minimum Gasteiger partial charge on any atom is -0.352 e. The largest absolute Gasteiger partial charge is 0.352 e. The highest BCUT2D eigenvalue weighted by Gasteiger charge is 2.32. The molecule has 1 saturated carbocycles. The fourth-order valence-electron chi connectivity index (χ4n) is 2.73. The van der Waals surface area contributed by atoms with Gasteiger partial charge in [-0.2, -0.15) is 5.26 Å². The van der Waals surface area contributed by atoms with Crippen LogP contribution in [0.5, 0.6) is 0 Å². The molecule has 124 valence electrons. The van der Waals surface area contributed by atoms with E-state index in [0.29, 0.717) is 18.7 Å². The third-order valence-corrected chi connectivity index (χ3v) is 4.21. The molecule has 3 amide bonds. The molecule has 1 saturated heterocycles. The fraction of sp³-hybridized carbons (Fsp3) is 0.412. The molecule has 0 radical (unpaired) electrons. The Bertz CT molecular complexity index is 749. The minimum atomic E-state index is -1.34. The molecule has 2 fully saturated rings. The Morgan fingerprint density at radius 3 is 2.71 bits per heavy atom. The molecule has 0 spiro atoms. The van der Waals surface area contributed by atoms with Crippen LogP contribution in [0.15, 0.2) is 18.2 Å². The number of aryl methyl sites for hydroxylation is 1. The van der Waals surface area contributed by atoms with Gasteiger partial charge in [-0.3, -0.25) is 14.5 Å². The van der Waals surface area contributed by atoms with Crippen molar-refractivity contribution in [3.8, 4) is 6.07 Å². The molecule has 24 heavy (non-hydrogen) atoms. The maximum absolute atomic E-state index is 12.5. The van der Waals surface area contributed by atoms with Crippen molar-refractivity contribution in [2.75, 3.05) is 18.0 Å². The molecule has 3 rings (SSSR count). The van der Waals surface area contributed by atoms with Crippen LogP contribution in [0.2, 0.25) is 0 Å². The number of carbonyl (C=O) groups is 3. The van der Waals surface area contributed by atoms with Gasteiger partial charge in [-0.05, 0) is 43.5 Å². The molecular formula is C17H18N4O3. The van der Waals surface area contributed by atoms with Crippen LogP contribution in [0.25, 0.3) is 0 Å². The van der Waals surface area contributed by atoms with Gasteiger partial charge >= 0.3 is 6.03 Å². The zero-order valence-corrected chi connectivity index (χ0v) is 13.3. The number of carbonyl (C=O) groups excluding carboxylic acids is 3. The Morgan fingerprint density at radius 2 is 2.17 bits per heavy atom. The number of ketones is 1. The summed E-state index contributed by atoms with van der Waals surface area (Å²) in [5.41, 5.74) is 1.77. The second kappa shape index (κ2) is 6.32. The Balaban J connectivity index is 1.79. The van der Waals surface area contributed by atoms with E-state index in [4.69, 9.17) is 0 Å². The molecule has 7 nitrogen and oxygen atoms in total. The van der Waals surface area contributed by atoms with Gasteiger partial charge in [0.2, 0.25) is 5.91 Å². The molecule has 7 heteroatoms. The number of nitrogens with one attached hydrogen (secondary N) is 2. The van der Waals surface area contributed by atoms with Crippen molar-refractivity contribution < 1.29 is 14.4 Å². The molecule has 2 aliphatic rings. The molecular weight excluding hydrogens is 308 g/mol. The summed E-state index contributed by atoms with van der Waals surface area (Å²) in [6, 6.07) is 6.58. The quantitative estimate of drug-likeness (QED) is 0.625. The predicted molar refractivity (Wildman–Crippen MR) is 86.5 cm³/mol. The highest BCUT2D eigenvalue weighted by Crippen LogP contribution is 2.24. The SMILES string of the molecule is Cc1cc(C(=O)C(C#N)C(=O)NC2CC2)ccc1N1CCNC1=O. The summed E-state index contributed by atoms with van der Waals surface area (Å²) in [6.45, 7) is 2.94. The minimum absolute atomic E-state index is 0.0962. The van der Waals surface area contributed by atoms with Gasteiger partial charge in [0.1, 0.15) is 0 Å². The molecule has 1 aliphatic heterocycles. The highest BCUT2D eigenvalue weighted by molar-refractivity contribution is 6.12.